The van der Waals surface area contributed by atoms with E-state index in [2.05, 4.69) is 167 Å². The number of hydrogen-bond acceptors (Lipinski definition) is 6. The summed E-state index contributed by atoms with van der Waals surface area (Å²) in [5.41, 5.74) is 0. The highest BCUT2D eigenvalue weighted by Gasteiger charge is 2.19. The molecular formula is C63H98O6. The van der Waals surface area contributed by atoms with Gasteiger partial charge in [0.1, 0.15) is 13.2 Å². The summed E-state index contributed by atoms with van der Waals surface area (Å²) >= 11 is 0. The van der Waals surface area contributed by atoms with Crippen LogP contribution in [0.5, 0.6) is 0 Å². The maximum absolute atomic E-state index is 12.7. The van der Waals surface area contributed by atoms with Gasteiger partial charge >= 0.3 is 17.9 Å². The molecule has 0 fully saturated rings. The molecule has 0 aliphatic heterocycles. The minimum absolute atomic E-state index is 0.103. The Bertz CT molecular complexity index is 1560. The zero-order chi connectivity index (χ0) is 50.0. The van der Waals surface area contributed by atoms with Gasteiger partial charge < -0.3 is 14.2 Å². The lowest BCUT2D eigenvalue weighted by molar-refractivity contribution is -0.167. The molecule has 0 saturated carbocycles. The first-order valence-corrected chi connectivity index (χ1v) is 27.3. The number of hydrogen-bond donors (Lipinski definition) is 0. The van der Waals surface area contributed by atoms with Crippen molar-refractivity contribution < 1.29 is 28.6 Å². The molecule has 0 aromatic heterocycles. The second-order valence-electron chi connectivity index (χ2n) is 17.4. The van der Waals surface area contributed by atoms with E-state index in [0.29, 0.717) is 12.8 Å². The molecule has 0 aliphatic carbocycles. The topological polar surface area (TPSA) is 78.9 Å². The van der Waals surface area contributed by atoms with Gasteiger partial charge in [0.15, 0.2) is 6.10 Å². The van der Waals surface area contributed by atoms with Crippen LogP contribution in [0.2, 0.25) is 0 Å². The van der Waals surface area contributed by atoms with E-state index in [9.17, 15) is 14.4 Å². The van der Waals surface area contributed by atoms with Crippen molar-refractivity contribution in [3.63, 3.8) is 0 Å². The van der Waals surface area contributed by atoms with Crippen LogP contribution in [0.4, 0.5) is 0 Å². The van der Waals surface area contributed by atoms with E-state index in [0.717, 1.165) is 173 Å². The van der Waals surface area contributed by atoms with E-state index < -0.39 is 6.10 Å². The third-order valence-corrected chi connectivity index (χ3v) is 10.8. The molecule has 6 nitrogen and oxygen atoms in total. The van der Waals surface area contributed by atoms with Crippen LogP contribution in [-0.2, 0) is 28.6 Å². The molecule has 0 rings (SSSR count). The summed E-state index contributed by atoms with van der Waals surface area (Å²) in [7, 11) is 0. The molecule has 0 aromatic rings. The lowest BCUT2D eigenvalue weighted by atomic mass is 10.1. The van der Waals surface area contributed by atoms with Crippen LogP contribution < -0.4 is 0 Å². The standard InChI is InChI=1S/C63H98O6/c1-4-7-10-13-15-17-19-21-23-25-26-27-28-29-30-31-32-33-34-35-36-38-39-41-43-45-47-50-53-56-62(65)68-59-60(58-67-61(64)55-52-49-12-9-6-3)69-63(66)57-54-51-48-46-44-42-40-37-24-22-20-18-16-14-11-8-5-2/h7-8,10-11,15-18,21-24,26-27,29-30,32-33,35-36,39-42,60H,4-6,9,12-14,19-20,25,28,31,34,37-38,43-59H2,1-3H3/b10-7-,11-8-,17-15-,18-16-,23-21-,24-22-,27-26-,30-29-,33-32-,36-35-,41-39-,42-40-. The van der Waals surface area contributed by atoms with Gasteiger partial charge in [0.2, 0.25) is 0 Å². The summed E-state index contributed by atoms with van der Waals surface area (Å²) in [4.78, 5) is 37.7. The number of ether oxygens (including phenoxy) is 3. The lowest BCUT2D eigenvalue weighted by Crippen LogP contribution is -2.30. The van der Waals surface area contributed by atoms with Crippen LogP contribution in [0.3, 0.4) is 0 Å². The maximum atomic E-state index is 12.7. The molecular weight excluding hydrogens is 853 g/mol. The van der Waals surface area contributed by atoms with Gasteiger partial charge in [-0.25, -0.2) is 0 Å². The molecule has 0 bridgehead atoms. The third-order valence-electron chi connectivity index (χ3n) is 10.8. The zero-order valence-electron chi connectivity index (χ0n) is 44.0. The van der Waals surface area contributed by atoms with Gasteiger partial charge in [-0.05, 0) is 122 Å². The molecule has 0 N–H and O–H groups in total. The number of unbranched alkanes of at least 4 members (excludes halogenated alkanes) is 12. The average Bonchev–Trinajstić information content (AvgIpc) is 3.35. The van der Waals surface area contributed by atoms with Crippen molar-refractivity contribution >= 4 is 17.9 Å². The number of esters is 3. The summed E-state index contributed by atoms with van der Waals surface area (Å²) in [6.07, 6.45) is 80.2. The van der Waals surface area contributed by atoms with Crippen molar-refractivity contribution in [2.24, 2.45) is 0 Å². The Morgan fingerprint density at radius 3 is 0.870 bits per heavy atom. The van der Waals surface area contributed by atoms with E-state index in [-0.39, 0.29) is 37.5 Å². The van der Waals surface area contributed by atoms with Crippen LogP contribution in [0.25, 0.3) is 0 Å². The van der Waals surface area contributed by atoms with Crippen LogP contribution in [0, 0.1) is 0 Å². The van der Waals surface area contributed by atoms with Crippen LogP contribution >= 0.6 is 0 Å². The number of carbonyl (C=O) groups excluding carboxylic acids is 3. The molecule has 0 saturated heterocycles. The third kappa shape index (κ3) is 54.1. The quantitative estimate of drug-likeness (QED) is 0.0262. The summed E-state index contributed by atoms with van der Waals surface area (Å²) in [5, 5.41) is 0. The van der Waals surface area contributed by atoms with Gasteiger partial charge in [-0.3, -0.25) is 14.4 Å². The number of allylic oxidation sites excluding steroid dienone is 24. The van der Waals surface area contributed by atoms with Crippen molar-refractivity contribution in [1.82, 2.24) is 0 Å². The highest BCUT2D eigenvalue weighted by Crippen LogP contribution is 2.12. The summed E-state index contributed by atoms with van der Waals surface area (Å²) in [5.74, 6) is -0.978. The molecule has 0 heterocycles. The predicted octanol–water partition coefficient (Wildman–Crippen LogP) is 18.4. The predicted molar refractivity (Wildman–Crippen MR) is 297 cm³/mol. The minimum Gasteiger partial charge on any atom is -0.462 e. The number of rotatable bonds is 47. The van der Waals surface area contributed by atoms with Gasteiger partial charge in [-0.15, -0.1) is 0 Å². The first kappa shape index (κ1) is 64.3. The van der Waals surface area contributed by atoms with Crippen LogP contribution in [0.15, 0.2) is 146 Å². The van der Waals surface area contributed by atoms with E-state index in [1.54, 1.807) is 0 Å². The Morgan fingerprint density at radius 1 is 0.304 bits per heavy atom. The van der Waals surface area contributed by atoms with Gasteiger partial charge in [0, 0.05) is 19.3 Å². The second kappa shape index (κ2) is 55.9. The summed E-state index contributed by atoms with van der Waals surface area (Å²) in [6.45, 7) is 6.26. The molecule has 0 aromatic carbocycles. The fourth-order valence-corrected chi connectivity index (χ4v) is 6.80. The van der Waals surface area contributed by atoms with E-state index in [1.807, 2.05) is 0 Å². The molecule has 386 valence electrons. The van der Waals surface area contributed by atoms with Crippen molar-refractivity contribution in [2.75, 3.05) is 13.2 Å². The Balaban J connectivity index is 4.24. The average molecular weight is 951 g/mol. The van der Waals surface area contributed by atoms with Gasteiger partial charge in [0.25, 0.3) is 0 Å². The van der Waals surface area contributed by atoms with Crippen molar-refractivity contribution in [2.45, 2.75) is 219 Å². The van der Waals surface area contributed by atoms with Crippen molar-refractivity contribution in [3.8, 4) is 0 Å². The normalized spacial score (nSPS) is 13.3. The van der Waals surface area contributed by atoms with E-state index in [1.165, 1.54) is 0 Å². The van der Waals surface area contributed by atoms with Crippen LogP contribution in [0.1, 0.15) is 213 Å². The fraction of sp³-hybridized carbons (Fsp3) is 0.571. The molecule has 6 heteroatoms. The summed E-state index contributed by atoms with van der Waals surface area (Å²) in [6, 6.07) is 0. The van der Waals surface area contributed by atoms with E-state index >= 15 is 0 Å². The van der Waals surface area contributed by atoms with Crippen molar-refractivity contribution in [3.05, 3.63) is 146 Å². The Labute approximate surface area is 423 Å². The maximum Gasteiger partial charge on any atom is 0.306 e. The minimum atomic E-state index is -0.804. The Kier molecular flexibility index (Phi) is 52.1. The first-order valence-electron chi connectivity index (χ1n) is 27.3. The van der Waals surface area contributed by atoms with Crippen molar-refractivity contribution in [1.29, 1.82) is 0 Å². The molecule has 1 atom stereocenters. The highest BCUT2D eigenvalue weighted by molar-refractivity contribution is 5.71. The van der Waals surface area contributed by atoms with Crippen LogP contribution in [-0.4, -0.2) is 37.2 Å². The molecule has 0 radical (unpaired) electrons. The van der Waals surface area contributed by atoms with Gasteiger partial charge in [-0.1, -0.05) is 218 Å². The second-order valence-corrected chi connectivity index (χ2v) is 17.4. The SMILES string of the molecule is CC/C=C\C/C=C\C/C=C\C/C=C\C/C=C\C/C=C\C/C=C\C/C=C\CCCCCCC(=O)OCC(COC(=O)CCCCCCC)OC(=O)CCCCCC/C=C\C/C=C\C/C=C\C/C=C\CC. The van der Waals surface area contributed by atoms with E-state index in [4.69, 9.17) is 14.2 Å². The monoisotopic (exact) mass is 951 g/mol. The summed E-state index contributed by atoms with van der Waals surface area (Å²) < 4.78 is 16.6. The van der Waals surface area contributed by atoms with Gasteiger partial charge in [0.05, 0.1) is 0 Å². The lowest BCUT2D eigenvalue weighted by Gasteiger charge is -2.18. The molecule has 0 aliphatic rings. The smallest absolute Gasteiger partial charge is 0.306 e. The highest BCUT2D eigenvalue weighted by atomic mass is 16.6. The first-order chi connectivity index (χ1) is 34.0. The largest absolute Gasteiger partial charge is 0.462 e. The number of carbonyl (C=O) groups is 3. The zero-order valence-corrected chi connectivity index (χ0v) is 44.0. The fourth-order valence-electron chi connectivity index (χ4n) is 6.80. The Morgan fingerprint density at radius 2 is 0.565 bits per heavy atom. The molecule has 1 unspecified atom stereocenters. The molecule has 0 amide bonds. The molecule has 69 heavy (non-hydrogen) atoms. The Hall–Kier alpha value is -4.71. The van der Waals surface area contributed by atoms with Gasteiger partial charge in [-0.2, -0.15) is 0 Å². The molecule has 0 spiro atoms.